The quantitative estimate of drug-likeness (QED) is 0.685. The van der Waals surface area contributed by atoms with Gasteiger partial charge in [0.25, 0.3) is 0 Å². The summed E-state index contributed by atoms with van der Waals surface area (Å²) >= 11 is 0. The molecule has 1 atom stereocenters. The molecule has 0 aliphatic heterocycles. The van der Waals surface area contributed by atoms with E-state index in [1.807, 2.05) is 0 Å². The first kappa shape index (κ1) is 13.9. The van der Waals surface area contributed by atoms with Crippen molar-refractivity contribution >= 4 is 0 Å². The minimum absolute atomic E-state index is 0.474. The van der Waals surface area contributed by atoms with E-state index < -0.39 is 0 Å². The predicted molar refractivity (Wildman–Crippen MR) is 68.8 cm³/mol. The second-order valence-corrected chi connectivity index (χ2v) is 5.08. The van der Waals surface area contributed by atoms with Crippen molar-refractivity contribution in [3.8, 4) is 0 Å². The van der Waals surface area contributed by atoms with E-state index in [1.54, 1.807) is 7.11 Å². The minimum Gasteiger partial charge on any atom is -0.383 e. The van der Waals surface area contributed by atoms with Crippen LogP contribution in [0.2, 0.25) is 0 Å². The first-order valence-electron chi connectivity index (χ1n) is 6.67. The lowest BCUT2D eigenvalue weighted by Crippen LogP contribution is -2.43. The fourth-order valence-electron chi connectivity index (χ4n) is 2.75. The predicted octanol–water partition coefficient (Wildman–Crippen LogP) is 1.73. The van der Waals surface area contributed by atoms with E-state index in [-0.39, 0.29) is 0 Å². The van der Waals surface area contributed by atoms with Crippen molar-refractivity contribution < 1.29 is 4.74 Å². The van der Waals surface area contributed by atoms with Gasteiger partial charge in [-0.3, -0.25) is 0 Å². The molecule has 0 heterocycles. The van der Waals surface area contributed by atoms with Crippen molar-refractivity contribution in [1.82, 2.24) is 10.2 Å². The van der Waals surface area contributed by atoms with E-state index in [0.717, 1.165) is 25.6 Å². The summed E-state index contributed by atoms with van der Waals surface area (Å²) in [5.74, 6) is 0.940. The van der Waals surface area contributed by atoms with E-state index in [4.69, 9.17) is 4.74 Å². The molecule has 1 rings (SSSR count). The Morgan fingerprint density at radius 2 is 2.06 bits per heavy atom. The third-order valence-corrected chi connectivity index (χ3v) is 3.44. The molecule has 1 saturated carbocycles. The molecular weight excluding hydrogens is 200 g/mol. The first-order valence-corrected chi connectivity index (χ1v) is 6.67. The molecule has 1 N–H and O–H groups in total. The third kappa shape index (κ3) is 5.28. The van der Waals surface area contributed by atoms with Gasteiger partial charge in [0.15, 0.2) is 0 Å². The van der Waals surface area contributed by atoms with Gasteiger partial charge >= 0.3 is 0 Å². The van der Waals surface area contributed by atoms with Crippen LogP contribution in [0.25, 0.3) is 0 Å². The molecule has 1 unspecified atom stereocenters. The third-order valence-electron chi connectivity index (χ3n) is 3.44. The summed E-state index contributed by atoms with van der Waals surface area (Å²) in [6, 6.07) is 0.474. The molecule has 0 saturated heterocycles. The van der Waals surface area contributed by atoms with Crippen LogP contribution in [0.4, 0.5) is 0 Å². The molecule has 0 aromatic heterocycles. The van der Waals surface area contributed by atoms with E-state index in [9.17, 15) is 0 Å². The molecule has 16 heavy (non-hydrogen) atoms. The highest BCUT2D eigenvalue weighted by molar-refractivity contribution is 4.74. The molecule has 0 bridgehead atoms. The SMILES string of the molecule is CCNC(COC)CN(C)CC1CCCC1. The zero-order chi connectivity index (χ0) is 11.8. The Labute approximate surface area is 101 Å². The molecule has 1 aliphatic rings. The van der Waals surface area contributed by atoms with Crippen molar-refractivity contribution in [3.05, 3.63) is 0 Å². The van der Waals surface area contributed by atoms with Crippen LogP contribution >= 0.6 is 0 Å². The summed E-state index contributed by atoms with van der Waals surface area (Å²) in [6.07, 6.45) is 5.74. The van der Waals surface area contributed by atoms with Crippen molar-refractivity contribution in [2.24, 2.45) is 5.92 Å². The Kier molecular flexibility index (Phi) is 7.01. The van der Waals surface area contributed by atoms with Gasteiger partial charge < -0.3 is 15.0 Å². The van der Waals surface area contributed by atoms with Crippen molar-refractivity contribution in [2.75, 3.05) is 40.4 Å². The number of nitrogens with zero attached hydrogens (tertiary/aromatic N) is 1. The van der Waals surface area contributed by atoms with Gasteiger partial charge in [-0.1, -0.05) is 19.8 Å². The van der Waals surface area contributed by atoms with Crippen LogP contribution in [-0.2, 0) is 4.74 Å². The van der Waals surface area contributed by atoms with Gasteiger partial charge in [0.2, 0.25) is 0 Å². The highest BCUT2D eigenvalue weighted by Crippen LogP contribution is 2.25. The summed E-state index contributed by atoms with van der Waals surface area (Å²) in [5, 5.41) is 3.47. The van der Waals surface area contributed by atoms with Gasteiger partial charge in [-0.05, 0) is 32.4 Å². The highest BCUT2D eigenvalue weighted by atomic mass is 16.5. The lowest BCUT2D eigenvalue weighted by molar-refractivity contribution is 0.141. The summed E-state index contributed by atoms with van der Waals surface area (Å²) in [7, 11) is 4.01. The maximum atomic E-state index is 5.24. The second kappa shape index (κ2) is 8.04. The zero-order valence-corrected chi connectivity index (χ0v) is 11.2. The molecule has 0 amide bonds. The maximum absolute atomic E-state index is 5.24. The Morgan fingerprint density at radius 1 is 1.38 bits per heavy atom. The molecular formula is C13H28N2O. The van der Waals surface area contributed by atoms with E-state index in [1.165, 1.54) is 32.2 Å². The number of hydrogen-bond acceptors (Lipinski definition) is 3. The summed E-state index contributed by atoms with van der Waals surface area (Å²) in [5.41, 5.74) is 0. The van der Waals surface area contributed by atoms with Gasteiger partial charge in [-0.15, -0.1) is 0 Å². The van der Waals surface area contributed by atoms with Crippen molar-refractivity contribution in [3.63, 3.8) is 0 Å². The van der Waals surface area contributed by atoms with Crippen LogP contribution in [0.1, 0.15) is 32.6 Å². The molecule has 0 aromatic rings. The summed E-state index contributed by atoms with van der Waals surface area (Å²) < 4.78 is 5.24. The number of likely N-dealkylation sites (N-methyl/N-ethyl adjacent to an activating group) is 2. The monoisotopic (exact) mass is 228 g/mol. The fraction of sp³-hybridized carbons (Fsp3) is 1.00. The number of hydrogen-bond donors (Lipinski definition) is 1. The van der Waals surface area contributed by atoms with Crippen LogP contribution < -0.4 is 5.32 Å². The Morgan fingerprint density at radius 3 is 2.62 bits per heavy atom. The van der Waals surface area contributed by atoms with Crippen LogP contribution in [0.5, 0.6) is 0 Å². The highest BCUT2D eigenvalue weighted by Gasteiger charge is 2.18. The van der Waals surface area contributed by atoms with Gasteiger partial charge in [-0.25, -0.2) is 0 Å². The summed E-state index contributed by atoms with van der Waals surface area (Å²) in [6.45, 7) is 6.33. The molecule has 0 aromatic carbocycles. The average Bonchev–Trinajstić information content (AvgIpc) is 2.71. The number of ether oxygens (including phenoxy) is 1. The number of methoxy groups -OCH3 is 1. The zero-order valence-electron chi connectivity index (χ0n) is 11.2. The molecule has 3 nitrogen and oxygen atoms in total. The van der Waals surface area contributed by atoms with Crippen LogP contribution in [-0.4, -0.2) is 51.3 Å². The van der Waals surface area contributed by atoms with Gasteiger partial charge in [-0.2, -0.15) is 0 Å². The van der Waals surface area contributed by atoms with Gasteiger partial charge in [0.05, 0.1) is 6.61 Å². The molecule has 96 valence electrons. The van der Waals surface area contributed by atoms with E-state index in [0.29, 0.717) is 6.04 Å². The smallest absolute Gasteiger partial charge is 0.0628 e. The Hall–Kier alpha value is -0.120. The van der Waals surface area contributed by atoms with Crippen LogP contribution in [0, 0.1) is 5.92 Å². The Balaban J connectivity index is 2.20. The largest absolute Gasteiger partial charge is 0.383 e. The number of rotatable bonds is 8. The second-order valence-electron chi connectivity index (χ2n) is 5.08. The standard InChI is InChI=1S/C13H28N2O/c1-4-14-13(11-16-3)10-15(2)9-12-7-5-6-8-12/h12-14H,4-11H2,1-3H3. The lowest BCUT2D eigenvalue weighted by Gasteiger charge is -2.26. The van der Waals surface area contributed by atoms with Gasteiger partial charge in [0.1, 0.15) is 0 Å². The molecule has 0 radical (unpaired) electrons. The molecule has 0 spiro atoms. The van der Waals surface area contributed by atoms with Gasteiger partial charge in [0, 0.05) is 26.2 Å². The van der Waals surface area contributed by atoms with Crippen LogP contribution in [0.15, 0.2) is 0 Å². The van der Waals surface area contributed by atoms with E-state index >= 15 is 0 Å². The Bertz CT molecular complexity index is 163. The van der Waals surface area contributed by atoms with Crippen molar-refractivity contribution in [2.45, 2.75) is 38.6 Å². The molecule has 1 aliphatic carbocycles. The van der Waals surface area contributed by atoms with Crippen LogP contribution in [0.3, 0.4) is 0 Å². The fourth-order valence-corrected chi connectivity index (χ4v) is 2.75. The topological polar surface area (TPSA) is 24.5 Å². The molecule has 1 fully saturated rings. The summed E-state index contributed by atoms with van der Waals surface area (Å²) in [4.78, 5) is 2.46. The first-order chi connectivity index (χ1) is 7.76. The lowest BCUT2D eigenvalue weighted by atomic mass is 10.1. The van der Waals surface area contributed by atoms with E-state index in [2.05, 4.69) is 24.2 Å². The normalized spacial score (nSPS) is 19.5. The minimum atomic E-state index is 0.474. The maximum Gasteiger partial charge on any atom is 0.0628 e. The molecule has 3 heteroatoms. The van der Waals surface area contributed by atoms with Crippen molar-refractivity contribution in [1.29, 1.82) is 0 Å². The number of nitrogens with one attached hydrogen (secondary N) is 1. The average molecular weight is 228 g/mol.